The molecule has 2 heteroatoms. The number of hydrogen-bond donors (Lipinski definition) is 0. The van der Waals surface area contributed by atoms with Gasteiger partial charge in [-0.3, -0.25) is 0 Å². The van der Waals surface area contributed by atoms with Gasteiger partial charge in [-0.05, 0) is 35.6 Å². The quantitative estimate of drug-likeness (QED) is 0.744. The lowest BCUT2D eigenvalue weighted by Gasteiger charge is -2.20. The standard InChI is InChI=1S/C21H25NO/c1-16-5-11-20(12-6-16)23-14-13-18(15-22)17-7-9-19(10-8-17)21(2,3)4/h5-12,18H,13-14H2,1-4H3. The molecular formula is C21H25NO. The Kier molecular flexibility index (Phi) is 5.45. The molecule has 23 heavy (non-hydrogen) atoms. The maximum absolute atomic E-state index is 9.44. The van der Waals surface area contributed by atoms with E-state index in [0.717, 1.165) is 11.3 Å². The molecule has 2 aromatic rings. The Labute approximate surface area is 139 Å². The third-order valence-electron chi connectivity index (χ3n) is 4.03. The fourth-order valence-corrected chi connectivity index (χ4v) is 2.45. The number of rotatable bonds is 5. The highest BCUT2D eigenvalue weighted by Gasteiger charge is 2.15. The minimum absolute atomic E-state index is 0.130. The van der Waals surface area contributed by atoms with Crippen LogP contribution >= 0.6 is 0 Å². The van der Waals surface area contributed by atoms with Crippen LogP contribution in [0, 0.1) is 18.3 Å². The SMILES string of the molecule is Cc1ccc(OCCC(C#N)c2ccc(C(C)(C)C)cc2)cc1. The van der Waals surface area contributed by atoms with E-state index >= 15 is 0 Å². The molecule has 0 amide bonds. The average molecular weight is 307 g/mol. The van der Waals surface area contributed by atoms with Crippen LogP contribution in [0.25, 0.3) is 0 Å². The third-order valence-corrected chi connectivity index (χ3v) is 4.03. The summed E-state index contributed by atoms with van der Waals surface area (Å²) in [4.78, 5) is 0. The molecule has 0 aliphatic heterocycles. The van der Waals surface area contributed by atoms with Crippen molar-refractivity contribution in [3.63, 3.8) is 0 Å². The summed E-state index contributed by atoms with van der Waals surface area (Å²) in [5.41, 5.74) is 3.70. The fourth-order valence-electron chi connectivity index (χ4n) is 2.45. The summed E-state index contributed by atoms with van der Waals surface area (Å²) in [6.07, 6.45) is 0.694. The van der Waals surface area contributed by atoms with Crippen molar-refractivity contribution in [2.45, 2.75) is 45.4 Å². The van der Waals surface area contributed by atoms with Crippen LogP contribution < -0.4 is 4.74 Å². The second-order valence-corrected chi connectivity index (χ2v) is 7.00. The van der Waals surface area contributed by atoms with Gasteiger partial charge in [0.05, 0.1) is 18.6 Å². The van der Waals surface area contributed by atoms with Gasteiger partial charge in [0, 0.05) is 6.42 Å². The summed E-state index contributed by atoms with van der Waals surface area (Å²) in [5.74, 6) is 0.727. The Bertz CT molecular complexity index is 657. The van der Waals surface area contributed by atoms with Crippen molar-refractivity contribution in [1.29, 1.82) is 5.26 Å². The van der Waals surface area contributed by atoms with Gasteiger partial charge in [0.15, 0.2) is 0 Å². The van der Waals surface area contributed by atoms with E-state index in [-0.39, 0.29) is 11.3 Å². The van der Waals surface area contributed by atoms with E-state index in [4.69, 9.17) is 4.74 Å². The Hall–Kier alpha value is -2.27. The van der Waals surface area contributed by atoms with Gasteiger partial charge in [0.1, 0.15) is 5.75 Å². The molecule has 2 rings (SSSR count). The van der Waals surface area contributed by atoms with Crippen molar-refractivity contribution in [2.75, 3.05) is 6.61 Å². The van der Waals surface area contributed by atoms with E-state index in [0.29, 0.717) is 13.0 Å². The molecule has 0 aromatic heterocycles. The second-order valence-electron chi connectivity index (χ2n) is 7.00. The molecule has 0 aliphatic carbocycles. The lowest BCUT2D eigenvalue weighted by molar-refractivity contribution is 0.306. The zero-order chi connectivity index (χ0) is 16.9. The van der Waals surface area contributed by atoms with Crippen molar-refractivity contribution in [2.24, 2.45) is 0 Å². The summed E-state index contributed by atoms with van der Waals surface area (Å²) < 4.78 is 5.74. The largest absolute Gasteiger partial charge is 0.494 e. The maximum Gasteiger partial charge on any atom is 0.119 e. The topological polar surface area (TPSA) is 33.0 Å². The zero-order valence-corrected chi connectivity index (χ0v) is 14.5. The molecule has 0 radical (unpaired) electrons. The lowest BCUT2D eigenvalue weighted by atomic mass is 9.85. The molecule has 1 atom stereocenters. The van der Waals surface area contributed by atoms with Crippen LogP contribution in [0.1, 0.15) is 49.8 Å². The summed E-state index contributed by atoms with van der Waals surface area (Å²) in [6, 6.07) is 18.8. The molecule has 1 unspecified atom stereocenters. The Balaban J connectivity index is 1.95. The van der Waals surface area contributed by atoms with Crippen LogP contribution in [-0.2, 0) is 5.41 Å². The molecule has 0 aliphatic rings. The van der Waals surface area contributed by atoms with Gasteiger partial charge < -0.3 is 4.74 Å². The van der Waals surface area contributed by atoms with Gasteiger partial charge in [-0.1, -0.05) is 62.7 Å². The van der Waals surface area contributed by atoms with Crippen LogP contribution in [-0.4, -0.2) is 6.61 Å². The first-order valence-corrected chi connectivity index (χ1v) is 8.09. The number of nitrogens with zero attached hydrogens (tertiary/aromatic N) is 1. The molecule has 0 bridgehead atoms. The molecular weight excluding hydrogens is 282 g/mol. The molecule has 2 nitrogen and oxygen atoms in total. The monoisotopic (exact) mass is 307 g/mol. The average Bonchev–Trinajstić information content (AvgIpc) is 2.53. The number of benzene rings is 2. The van der Waals surface area contributed by atoms with E-state index in [1.54, 1.807) is 0 Å². The van der Waals surface area contributed by atoms with E-state index in [2.05, 4.69) is 58.0 Å². The number of ether oxygens (including phenoxy) is 1. The van der Waals surface area contributed by atoms with Crippen molar-refractivity contribution >= 4 is 0 Å². The molecule has 2 aromatic carbocycles. The minimum atomic E-state index is -0.130. The fraction of sp³-hybridized carbons (Fsp3) is 0.381. The lowest BCUT2D eigenvalue weighted by Crippen LogP contribution is -2.11. The van der Waals surface area contributed by atoms with Gasteiger partial charge in [-0.25, -0.2) is 0 Å². The maximum atomic E-state index is 9.44. The number of hydrogen-bond acceptors (Lipinski definition) is 2. The number of aryl methyl sites for hydroxylation is 1. The summed E-state index contributed by atoms with van der Waals surface area (Å²) in [7, 11) is 0. The van der Waals surface area contributed by atoms with Crippen LogP contribution in [0.4, 0.5) is 0 Å². The van der Waals surface area contributed by atoms with Crippen molar-refractivity contribution in [3.05, 3.63) is 65.2 Å². The zero-order valence-electron chi connectivity index (χ0n) is 14.5. The first kappa shape index (κ1) is 17.1. The van der Waals surface area contributed by atoms with Crippen LogP contribution in [0.2, 0.25) is 0 Å². The van der Waals surface area contributed by atoms with Crippen LogP contribution in [0.3, 0.4) is 0 Å². The van der Waals surface area contributed by atoms with Gasteiger partial charge in [-0.2, -0.15) is 5.26 Å². The van der Waals surface area contributed by atoms with Gasteiger partial charge in [0.2, 0.25) is 0 Å². The Morgan fingerprint density at radius 2 is 1.61 bits per heavy atom. The van der Waals surface area contributed by atoms with Gasteiger partial charge >= 0.3 is 0 Å². The van der Waals surface area contributed by atoms with Gasteiger partial charge in [0.25, 0.3) is 0 Å². The van der Waals surface area contributed by atoms with E-state index in [9.17, 15) is 5.26 Å². The minimum Gasteiger partial charge on any atom is -0.494 e. The van der Waals surface area contributed by atoms with Crippen molar-refractivity contribution in [3.8, 4) is 11.8 Å². The van der Waals surface area contributed by atoms with E-state index in [1.165, 1.54) is 11.1 Å². The smallest absolute Gasteiger partial charge is 0.119 e. The molecule has 0 fully saturated rings. The van der Waals surface area contributed by atoms with Crippen molar-refractivity contribution in [1.82, 2.24) is 0 Å². The first-order chi connectivity index (χ1) is 10.9. The highest BCUT2D eigenvalue weighted by Crippen LogP contribution is 2.26. The number of nitriles is 1. The summed E-state index contributed by atoms with van der Waals surface area (Å²) in [5, 5.41) is 9.44. The molecule has 0 spiro atoms. The molecule has 0 heterocycles. The van der Waals surface area contributed by atoms with Crippen LogP contribution in [0.15, 0.2) is 48.5 Å². The van der Waals surface area contributed by atoms with E-state index < -0.39 is 0 Å². The third kappa shape index (κ3) is 4.86. The predicted molar refractivity (Wildman–Crippen MR) is 94.8 cm³/mol. The summed E-state index contributed by atoms with van der Waals surface area (Å²) >= 11 is 0. The Morgan fingerprint density at radius 3 is 2.13 bits per heavy atom. The predicted octanol–water partition coefficient (Wildman–Crippen LogP) is 5.37. The summed E-state index contributed by atoms with van der Waals surface area (Å²) in [6.45, 7) is 9.18. The van der Waals surface area contributed by atoms with Crippen molar-refractivity contribution < 1.29 is 4.74 Å². The highest BCUT2D eigenvalue weighted by molar-refractivity contribution is 5.32. The normalized spacial score (nSPS) is 12.5. The Morgan fingerprint density at radius 1 is 1.00 bits per heavy atom. The molecule has 120 valence electrons. The second kappa shape index (κ2) is 7.33. The molecule has 0 N–H and O–H groups in total. The highest BCUT2D eigenvalue weighted by atomic mass is 16.5. The first-order valence-electron chi connectivity index (χ1n) is 8.09. The molecule has 0 saturated carbocycles. The van der Waals surface area contributed by atoms with E-state index in [1.807, 2.05) is 24.3 Å². The molecule has 0 saturated heterocycles. The van der Waals surface area contributed by atoms with Crippen LogP contribution in [0.5, 0.6) is 5.75 Å². The van der Waals surface area contributed by atoms with Gasteiger partial charge in [-0.15, -0.1) is 0 Å².